The molecule has 0 saturated carbocycles. The van der Waals surface area contributed by atoms with Gasteiger partial charge in [0.25, 0.3) is 10.0 Å². The Morgan fingerprint density at radius 1 is 0.889 bits per heavy atom. The lowest BCUT2D eigenvalue weighted by atomic mass is 10.3. The van der Waals surface area contributed by atoms with Crippen LogP contribution in [-0.2, 0) is 10.0 Å². The summed E-state index contributed by atoms with van der Waals surface area (Å²) in [6.07, 6.45) is 0. The molecule has 3 N–H and O–H groups in total. The monoisotopic (exact) mass is 392 g/mol. The minimum absolute atomic E-state index is 0.0116. The van der Waals surface area contributed by atoms with Gasteiger partial charge in [-0.3, -0.25) is 4.72 Å². The van der Waals surface area contributed by atoms with Crippen LogP contribution in [-0.4, -0.2) is 37.4 Å². The van der Waals surface area contributed by atoms with Crippen LogP contribution in [0.5, 0.6) is 11.5 Å². The van der Waals surface area contributed by atoms with E-state index in [2.05, 4.69) is 14.9 Å². The third kappa shape index (κ3) is 3.58. The van der Waals surface area contributed by atoms with Crippen molar-refractivity contribution in [1.82, 2.24) is 14.8 Å². The zero-order chi connectivity index (χ0) is 19.6. The summed E-state index contributed by atoms with van der Waals surface area (Å²) in [6.45, 7) is 0. The van der Waals surface area contributed by atoms with Crippen molar-refractivity contribution in [1.29, 1.82) is 0 Å². The number of sulfonamides is 1. The van der Waals surface area contributed by atoms with E-state index in [1.807, 2.05) is 0 Å². The highest BCUT2D eigenvalue weighted by Gasteiger charge is 2.17. The lowest BCUT2D eigenvalue weighted by molar-refractivity contribution is 0.354. The Balaban J connectivity index is 1.88. The normalized spacial score (nSPS) is 11.2. The average molecular weight is 392 g/mol. The van der Waals surface area contributed by atoms with Crippen molar-refractivity contribution in [3.63, 3.8) is 0 Å². The first-order valence-electron chi connectivity index (χ1n) is 7.60. The highest BCUT2D eigenvalue weighted by molar-refractivity contribution is 7.92. The Kier molecular flexibility index (Phi) is 4.77. The molecule has 0 amide bonds. The van der Waals surface area contributed by atoms with Crippen LogP contribution in [0.4, 0.5) is 5.69 Å². The number of ether oxygens (including phenoxy) is 2. The number of hydrogen-bond acceptors (Lipinski definition) is 6. The van der Waals surface area contributed by atoms with Crippen LogP contribution in [0.3, 0.4) is 0 Å². The summed E-state index contributed by atoms with van der Waals surface area (Å²) in [7, 11) is -1.02. The molecule has 11 heteroatoms. The Labute approximate surface area is 153 Å². The predicted octanol–water partition coefficient (Wildman–Crippen LogP) is 0.672. The summed E-state index contributed by atoms with van der Waals surface area (Å²) < 4.78 is 38.6. The molecule has 0 unspecified atom stereocenters. The number of nitrogens with one attached hydrogen (secondary N) is 3. The van der Waals surface area contributed by atoms with Gasteiger partial charge in [-0.05, 0) is 36.4 Å². The van der Waals surface area contributed by atoms with E-state index in [0.717, 1.165) is 4.57 Å². The fourth-order valence-electron chi connectivity index (χ4n) is 2.42. The molecule has 0 bridgehead atoms. The Morgan fingerprint density at radius 3 is 2.04 bits per heavy atom. The zero-order valence-electron chi connectivity index (χ0n) is 14.3. The van der Waals surface area contributed by atoms with Gasteiger partial charge in [0.1, 0.15) is 0 Å². The van der Waals surface area contributed by atoms with Gasteiger partial charge in [-0.15, -0.1) is 0 Å². The lowest BCUT2D eigenvalue weighted by Gasteiger charge is -2.12. The number of methoxy groups -OCH3 is 2. The Morgan fingerprint density at radius 2 is 1.48 bits per heavy atom. The van der Waals surface area contributed by atoms with Crippen LogP contribution in [0.25, 0.3) is 5.69 Å². The molecule has 1 aromatic heterocycles. The van der Waals surface area contributed by atoms with E-state index in [1.165, 1.54) is 56.7 Å². The Hall–Kier alpha value is -3.47. The van der Waals surface area contributed by atoms with Gasteiger partial charge < -0.3 is 9.47 Å². The maximum Gasteiger partial charge on any atom is 0.348 e. The molecule has 0 aliphatic heterocycles. The lowest BCUT2D eigenvalue weighted by Crippen LogP contribution is -2.24. The van der Waals surface area contributed by atoms with Crippen LogP contribution in [0.2, 0.25) is 0 Å². The summed E-state index contributed by atoms with van der Waals surface area (Å²) in [6, 6.07) is 9.97. The van der Waals surface area contributed by atoms with Crippen molar-refractivity contribution in [2.75, 3.05) is 18.9 Å². The molecule has 0 fully saturated rings. The summed E-state index contributed by atoms with van der Waals surface area (Å²) in [5, 5.41) is 4.33. The van der Waals surface area contributed by atoms with Crippen molar-refractivity contribution < 1.29 is 17.9 Å². The highest BCUT2D eigenvalue weighted by atomic mass is 32.2. The second-order valence-electron chi connectivity index (χ2n) is 5.36. The quantitative estimate of drug-likeness (QED) is 0.564. The molecule has 0 radical (unpaired) electrons. The molecule has 3 aromatic rings. The molecular formula is C16H16N4O6S. The third-order valence-electron chi connectivity index (χ3n) is 3.73. The van der Waals surface area contributed by atoms with Gasteiger partial charge in [0.15, 0.2) is 11.5 Å². The molecular weight excluding hydrogens is 376 g/mol. The molecule has 3 rings (SSSR count). The summed E-state index contributed by atoms with van der Waals surface area (Å²) in [5.74, 6) is 0.685. The van der Waals surface area contributed by atoms with Crippen molar-refractivity contribution in [2.45, 2.75) is 4.90 Å². The van der Waals surface area contributed by atoms with Gasteiger partial charge in [0, 0.05) is 11.8 Å². The number of H-pyrrole nitrogens is 2. The molecule has 0 spiro atoms. The number of hydrogen-bond donors (Lipinski definition) is 3. The first-order valence-corrected chi connectivity index (χ1v) is 9.09. The number of aromatic amines is 2. The van der Waals surface area contributed by atoms with Gasteiger partial charge in [-0.2, -0.15) is 0 Å². The third-order valence-corrected chi connectivity index (χ3v) is 5.10. The Bertz CT molecular complexity index is 1150. The molecule has 1 heterocycles. The highest BCUT2D eigenvalue weighted by Crippen LogP contribution is 2.30. The first-order chi connectivity index (χ1) is 12.9. The summed E-state index contributed by atoms with van der Waals surface area (Å²) >= 11 is 0. The van der Waals surface area contributed by atoms with Crippen molar-refractivity contribution in [2.24, 2.45) is 0 Å². The fraction of sp³-hybridized carbons (Fsp3) is 0.125. The second kappa shape index (κ2) is 7.03. The van der Waals surface area contributed by atoms with Crippen molar-refractivity contribution in [3.8, 4) is 17.2 Å². The smallest absolute Gasteiger partial charge is 0.348 e. The van der Waals surface area contributed by atoms with E-state index in [0.29, 0.717) is 5.75 Å². The van der Waals surface area contributed by atoms with Crippen LogP contribution >= 0.6 is 0 Å². The largest absolute Gasteiger partial charge is 0.493 e. The van der Waals surface area contributed by atoms with Gasteiger partial charge in [0.2, 0.25) is 0 Å². The maximum atomic E-state index is 12.6. The van der Waals surface area contributed by atoms with E-state index < -0.39 is 21.4 Å². The number of nitrogens with zero attached hydrogens (tertiary/aromatic N) is 1. The predicted molar refractivity (Wildman–Crippen MR) is 97.4 cm³/mol. The van der Waals surface area contributed by atoms with E-state index in [4.69, 9.17) is 9.47 Å². The number of aromatic nitrogens is 3. The van der Waals surface area contributed by atoms with Gasteiger partial charge >= 0.3 is 11.4 Å². The van der Waals surface area contributed by atoms with E-state index in [-0.39, 0.29) is 22.0 Å². The molecule has 142 valence electrons. The average Bonchev–Trinajstić information content (AvgIpc) is 3.00. The van der Waals surface area contributed by atoms with Gasteiger partial charge in [-0.1, -0.05) is 0 Å². The van der Waals surface area contributed by atoms with Crippen LogP contribution in [0.1, 0.15) is 0 Å². The van der Waals surface area contributed by atoms with Crippen molar-refractivity contribution in [3.05, 3.63) is 63.4 Å². The molecule has 27 heavy (non-hydrogen) atoms. The SMILES string of the molecule is COc1ccc(S(=O)(=O)Nc2ccc(-n3c(=O)[nH][nH]c3=O)cc2)cc1OC. The van der Waals surface area contributed by atoms with Crippen LogP contribution in [0, 0.1) is 0 Å². The van der Waals surface area contributed by atoms with Crippen LogP contribution < -0.4 is 25.6 Å². The van der Waals surface area contributed by atoms with Crippen molar-refractivity contribution >= 4 is 15.7 Å². The van der Waals surface area contributed by atoms with Gasteiger partial charge in [-0.25, -0.2) is 32.8 Å². The minimum Gasteiger partial charge on any atom is -0.493 e. The number of anilines is 1. The minimum atomic E-state index is -3.88. The molecule has 0 saturated heterocycles. The topological polar surface area (TPSA) is 135 Å². The van der Waals surface area contributed by atoms with Crippen LogP contribution in [0.15, 0.2) is 56.9 Å². The summed E-state index contributed by atoms with van der Waals surface area (Å²) in [4.78, 5) is 23.2. The number of rotatable bonds is 6. The first kappa shape index (κ1) is 18.3. The second-order valence-corrected chi connectivity index (χ2v) is 7.05. The number of benzene rings is 2. The van der Waals surface area contributed by atoms with E-state index >= 15 is 0 Å². The maximum absolute atomic E-state index is 12.6. The standard InChI is InChI=1S/C16H16N4O6S/c1-25-13-8-7-12(9-14(13)26-2)27(23,24)19-10-3-5-11(6-4-10)20-15(21)17-18-16(20)22/h3-9,19H,1-2H3,(H,17,21)(H,18,22). The molecule has 0 aliphatic carbocycles. The molecule has 0 atom stereocenters. The molecule has 2 aromatic carbocycles. The summed E-state index contributed by atoms with van der Waals surface area (Å²) in [5.41, 5.74) is -0.706. The van der Waals surface area contributed by atoms with E-state index in [1.54, 1.807) is 0 Å². The zero-order valence-corrected chi connectivity index (χ0v) is 15.2. The van der Waals surface area contributed by atoms with E-state index in [9.17, 15) is 18.0 Å². The molecule has 0 aliphatic rings. The fourth-order valence-corrected chi connectivity index (χ4v) is 3.50. The molecule has 10 nitrogen and oxygen atoms in total. The van der Waals surface area contributed by atoms with Gasteiger partial charge in [0.05, 0.1) is 24.8 Å².